The number of hydrogen-bond acceptors (Lipinski definition) is 8. The molecule has 0 aromatic heterocycles. The fourth-order valence-electron chi connectivity index (χ4n) is 2.29. The molecule has 0 fully saturated rings. The van der Waals surface area contributed by atoms with Crippen molar-refractivity contribution in [3.05, 3.63) is 0 Å². The van der Waals surface area contributed by atoms with Crippen molar-refractivity contribution in [1.29, 1.82) is 0 Å². The first kappa shape index (κ1) is 26.7. The van der Waals surface area contributed by atoms with Gasteiger partial charge in [0.25, 0.3) is 0 Å². The standard InChI is InChI=1S/C16H28N6O8/c17-4-2-1-3-9(21-14(28)8(18)5-11(19)23)16(30)22-10(6-12(24)25)15(29)20-7-13(26)27/h8-10H,1-7,17-18H2,(H2,19,23)(H,20,29)(H,21,28)(H,22,30)(H,24,25)(H,26,27). The molecule has 14 heteroatoms. The molecule has 0 saturated carbocycles. The highest BCUT2D eigenvalue weighted by molar-refractivity contribution is 5.95. The minimum absolute atomic E-state index is 0.0919. The van der Waals surface area contributed by atoms with Gasteiger partial charge in [0, 0.05) is 0 Å². The zero-order valence-corrected chi connectivity index (χ0v) is 16.3. The monoisotopic (exact) mass is 432 g/mol. The largest absolute Gasteiger partial charge is 0.481 e. The molecule has 0 rings (SSSR count). The molecule has 0 radical (unpaired) electrons. The van der Waals surface area contributed by atoms with E-state index in [2.05, 4.69) is 10.6 Å². The summed E-state index contributed by atoms with van der Waals surface area (Å²) in [5.41, 5.74) is 15.9. The van der Waals surface area contributed by atoms with Crippen LogP contribution in [0.15, 0.2) is 0 Å². The van der Waals surface area contributed by atoms with E-state index in [1.165, 1.54) is 0 Å². The van der Waals surface area contributed by atoms with Crippen LogP contribution in [0.1, 0.15) is 32.1 Å². The van der Waals surface area contributed by atoms with Crippen molar-refractivity contribution in [3.8, 4) is 0 Å². The summed E-state index contributed by atoms with van der Waals surface area (Å²) in [6.45, 7) is -0.452. The maximum Gasteiger partial charge on any atom is 0.322 e. The SMILES string of the molecule is NCCCCC(NC(=O)C(N)CC(N)=O)C(=O)NC(CC(=O)O)C(=O)NCC(=O)O. The van der Waals surface area contributed by atoms with Gasteiger partial charge in [0.15, 0.2) is 0 Å². The molecule has 14 nitrogen and oxygen atoms in total. The number of nitrogens with two attached hydrogens (primary N) is 3. The zero-order chi connectivity index (χ0) is 23.3. The van der Waals surface area contributed by atoms with E-state index in [1.54, 1.807) is 0 Å². The van der Waals surface area contributed by atoms with Crippen LogP contribution in [0.2, 0.25) is 0 Å². The zero-order valence-electron chi connectivity index (χ0n) is 16.3. The van der Waals surface area contributed by atoms with Crippen molar-refractivity contribution in [2.24, 2.45) is 17.2 Å². The molecule has 0 aromatic rings. The Morgan fingerprint density at radius 2 is 1.40 bits per heavy atom. The molecule has 0 heterocycles. The van der Waals surface area contributed by atoms with Gasteiger partial charge in [-0.05, 0) is 25.8 Å². The first-order valence-electron chi connectivity index (χ1n) is 9.03. The maximum atomic E-state index is 12.6. The number of primary amides is 1. The molecule has 0 saturated heterocycles. The summed E-state index contributed by atoms with van der Waals surface area (Å²) in [7, 11) is 0. The van der Waals surface area contributed by atoms with Crippen LogP contribution in [-0.4, -0.2) is 77.0 Å². The average molecular weight is 432 g/mol. The lowest BCUT2D eigenvalue weighted by Gasteiger charge is -2.23. The van der Waals surface area contributed by atoms with Crippen molar-refractivity contribution in [2.75, 3.05) is 13.1 Å². The van der Waals surface area contributed by atoms with E-state index in [4.69, 9.17) is 27.4 Å². The van der Waals surface area contributed by atoms with E-state index in [0.29, 0.717) is 19.4 Å². The Bertz CT molecular complexity index is 656. The van der Waals surface area contributed by atoms with Crippen LogP contribution in [0.25, 0.3) is 0 Å². The van der Waals surface area contributed by atoms with Crippen molar-refractivity contribution in [2.45, 2.75) is 50.2 Å². The number of carbonyl (C=O) groups excluding carboxylic acids is 4. The Morgan fingerprint density at radius 1 is 0.800 bits per heavy atom. The van der Waals surface area contributed by atoms with Crippen LogP contribution in [0.5, 0.6) is 0 Å². The molecule has 0 aliphatic carbocycles. The second kappa shape index (κ2) is 13.8. The van der Waals surface area contributed by atoms with Crippen LogP contribution in [0, 0.1) is 0 Å². The van der Waals surface area contributed by atoms with E-state index in [0.717, 1.165) is 0 Å². The van der Waals surface area contributed by atoms with E-state index >= 15 is 0 Å². The minimum Gasteiger partial charge on any atom is -0.481 e. The molecule has 0 aliphatic heterocycles. The second-order valence-corrected chi connectivity index (χ2v) is 6.39. The molecule has 3 unspecified atom stereocenters. The number of aliphatic carboxylic acids is 2. The number of carboxylic acids is 2. The number of nitrogens with one attached hydrogen (secondary N) is 3. The van der Waals surface area contributed by atoms with Gasteiger partial charge in [0.1, 0.15) is 18.6 Å². The highest BCUT2D eigenvalue weighted by Crippen LogP contribution is 2.04. The summed E-state index contributed by atoms with van der Waals surface area (Å²) >= 11 is 0. The lowest BCUT2D eigenvalue weighted by Crippen LogP contribution is -2.56. The normalized spacial score (nSPS) is 13.4. The Kier molecular flexibility index (Phi) is 12.3. The Balaban J connectivity index is 5.27. The molecular formula is C16H28N6O8. The third kappa shape index (κ3) is 11.6. The van der Waals surface area contributed by atoms with Gasteiger partial charge in [0.05, 0.1) is 18.9 Å². The van der Waals surface area contributed by atoms with Gasteiger partial charge in [-0.15, -0.1) is 0 Å². The first-order chi connectivity index (χ1) is 14.0. The lowest BCUT2D eigenvalue weighted by molar-refractivity contribution is -0.141. The van der Waals surface area contributed by atoms with Crippen LogP contribution >= 0.6 is 0 Å². The van der Waals surface area contributed by atoms with Gasteiger partial charge in [-0.1, -0.05) is 0 Å². The minimum atomic E-state index is -1.58. The predicted molar refractivity (Wildman–Crippen MR) is 101 cm³/mol. The fraction of sp³-hybridized carbons (Fsp3) is 0.625. The summed E-state index contributed by atoms with van der Waals surface area (Å²) in [5.74, 6) is -6.35. The van der Waals surface area contributed by atoms with Crippen LogP contribution in [0.3, 0.4) is 0 Å². The molecule has 30 heavy (non-hydrogen) atoms. The molecule has 0 bridgehead atoms. The predicted octanol–water partition coefficient (Wildman–Crippen LogP) is -4.04. The van der Waals surface area contributed by atoms with Gasteiger partial charge in [-0.25, -0.2) is 0 Å². The van der Waals surface area contributed by atoms with Crippen LogP contribution in [-0.2, 0) is 28.8 Å². The first-order valence-corrected chi connectivity index (χ1v) is 9.03. The molecule has 0 aromatic carbocycles. The molecule has 3 atom stereocenters. The van der Waals surface area contributed by atoms with E-state index in [1.807, 2.05) is 5.32 Å². The third-order valence-electron chi connectivity index (χ3n) is 3.76. The quantitative estimate of drug-likeness (QED) is 0.116. The molecule has 0 spiro atoms. The van der Waals surface area contributed by atoms with Crippen molar-refractivity contribution in [3.63, 3.8) is 0 Å². The Hall–Kier alpha value is -3.26. The topological polar surface area (TPSA) is 257 Å². The number of rotatable bonds is 15. The average Bonchev–Trinajstić information content (AvgIpc) is 2.63. The van der Waals surface area contributed by atoms with Gasteiger partial charge in [-0.3, -0.25) is 28.8 Å². The lowest BCUT2D eigenvalue weighted by atomic mass is 10.1. The number of hydrogen-bond donors (Lipinski definition) is 8. The Labute approximate surface area is 171 Å². The summed E-state index contributed by atoms with van der Waals surface area (Å²) in [6, 6.07) is -4.09. The van der Waals surface area contributed by atoms with Gasteiger partial charge >= 0.3 is 11.9 Å². The summed E-state index contributed by atoms with van der Waals surface area (Å²) in [6.07, 6.45) is -0.252. The smallest absolute Gasteiger partial charge is 0.322 e. The Morgan fingerprint density at radius 3 is 1.90 bits per heavy atom. The van der Waals surface area contributed by atoms with E-state index in [9.17, 15) is 28.8 Å². The molecule has 11 N–H and O–H groups in total. The summed E-state index contributed by atoms with van der Waals surface area (Å²) in [5, 5.41) is 24.0. The number of unbranched alkanes of at least 4 members (excludes halogenated alkanes) is 1. The number of amides is 4. The van der Waals surface area contributed by atoms with Crippen molar-refractivity contribution < 1.29 is 39.0 Å². The van der Waals surface area contributed by atoms with Crippen LogP contribution < -0.4 is 33.2 Å². The maximum absolute atomic E-state index is 12.6. The van der Waals surface area contributed by atoms with Crippen molar-refractivity contribution in [1.82, 2.24) is 16.0 Å². The molecular weight excluding hydrogens is 404 g/mol. The van der Waals surface area contributed by atoms with E-state index in [-0.39, 0.29) is 6.42 Å². The highest BCUT2D eigenvalue weighted by atomic mass is 16.4. The highest BCUT2D eigenvalue weighted by Gasteiger charge is 2.29. The fourth-order valence-corrected chi connectivity index (χ4v) is 2.29. The molecule has 4 amide bonds. The number of carboxylic acid groups (broad SMARTS) is 2. The number of carbonyl (C=O) groups is 6. The third-order valence-corrected chi connectivity index (χ3v) is 3.76. The summed E-state index contributed by atoms with van der Waals surface area (Å²) < 4.78 is 0. The van der Waals surface area contributed by atoms with Crippen LogP contribution in [0.4, 0.5) is 0 Å². The van der Waals surface area contributed by atoms with E-state index < -0.39 is 73.1 Å². The summed E-state index contributed by atoms with van der Waals surface area (Å²) in [4.78, 5) is 69.2. The van der Waals surface area contributed by atoms with Gasteiger partial charge in [0.2, 0.25) is 23.6 Å². The van der Waals surface area contributed by atoms with Crippen molar-refractivity contribution >= 4 is 35.6 Å². The molecule has 0 aliphatic rings. The molecule has 170 valence electrons. The van der Waals surface area contributed by atoms with Gasteiger partial charge in [-0.2, -0.15) is 0 Å². The second-order valence-electron chi connectivity index (χ2n) is 6.39. The van der Waals surface area contributed by atoms with Gasteiger partial charge < -0.3 is 43.4 Å².